The van der Waals surface area contributed by atoms with Crippen LogP contribution in [0.1, 0.15) is 23.3 Å². The second kappa shape index (κ2) is 10.3. The summed E-state index contributed by atoms with van der Waals surface area (Å²) in [6, 6.07) is 32.7. The third-order valence-corrected chi connectivity index (χ3v) is 8.32. The molecule has 2 N–H and O–H groups in total. The number of phenolic OH excluding ortho intramolecular Hbond substituents is 1. The number of aliphatic hydroxyl groups is 1. The lowest BCUT2D eigenvalue weighted by molar-refractivity contribution is -0.123. The predicted molar refractivity (Wildman–Crippen MR) is 152 cm³/mol. The van der Waals surface area contributed by atoms with Gasteiger partial charge in [0.15, 0.2) is 0 Å². The first kappa shape index (κ1) is 24.2. The lowest BCUT2D eigenvalue weighted by Crippen LogP contribution is -2.57. The zero-order chi connectivity index (χ0) is 26.1. The number of thioether (sulfide) groups is 1. The van der Waals surface area contributed by atoms with Crippen molar-refractivity contribution in [1.82, 2.24) is 4.98 Å². The van der Waals surface area contributed by atoms with Crippen LogP contribution in [0.3, 0.4) is 0 Å². The van der Waals surface area contributed by atoms with Gasteiger partial charge >= 0.3 is 0 Å². The Balaban J connectivity index is 1.23. The fourth-order valence-electron chi connectivity index (χ4n) is 4.98. The van der Waals surface area contributed by atoms with Crippen LogP contribution in [0.15, 0.2) is 116 Å². The number of anilines is 1. The second-order valence-electron chi connectivity index (χ2n) is 9.41. The van der Waals surface area contributed by atoms with Gasteiger partial charge in [-0.1, -0.05) is 60.7 Å². The Morgan fingerprint density at radius 1 is 0.816 bits per heavy atom. The molecule has 3 aromatic rings. The first-order chi connectivity index (χ1) is 18.6. The van der Waals surface area contributed by atoms with Gasteiger partial charge in [0.1, 0.15) is 11.0 Å². The van der Waals surface area contributed by atoms with Crippen LogP contribution in [0, 0.1) is 0 Å². The van der Waals surface area contributed by atoms with Gasteiger partial charge in [-0.25, -0.2) is 0 Å². The topological polar surface area (TPSA) is 73.7 Å². The molecule has 3 aliphatic rings. The van der Waals surface area contributed by atoms with Gasteiger partial charge in [-0.05, 0) is 75.8 Å². The maximum Gasteiger partial charge on any atom is 0.243 e. The number of pyridine rings is 1. The van der Waals surface area contributed by atoms with Crippen molar-refractivity contribution in [2.24, 2.45) is 0 Å². The molecule has 5 nitrogen and oxygen atoms in total. The second-order valence-corrected chi connectivity index (χ2v) is 10.6. The largest absolute Gasteiger partial charge is 0.508 e. The van der Waals surface area contributed by atoms with E-state index < -0.39 is 6.10 Å². The molecule has 3 atom stereocenters. The normalized spacial score (nSPS) is 17.8. The quantitative estimate of drug-likeness (QED) is 0.241. The monoisotopic (exact) mass is 518 g/mol. The van der Waals surface area contributed by atoms with Crippen LogP contribution in [-0.2, 0) is 4.79 Å². The molecule has 1 aliphatic heterocycles. The van der Waals surface area contributed by atoms with Gasteiger partial charge in [0.2, 0.25) is 5.91 Å². The molecule has 1 saturated heterocycles. The minimum Gasteiger partial charge on any atom is -0.508 e. The molecule has 0 radical (unpaired) electrons. The molecule has 1 amide bonds. The van der Waals surface area contributed by atoms with E-state index in [1.807, 2.05) is 97.2 Å². The third kappa shape index (κ3) is 4.64. The van der Waals surface area contributed by atoms with Crippen molar-refractivity contribution in [1.29, 1.82) is 0 Å². The molecule has 0 saturated carbocycles. The van der Waals surface area contributed by atoms with Crippen molar-refractivity contribution in [3.8, 4) is 28.0 Å². The minimum absolute atomic E-state index is 0.00842. The molecule has 1 aromatic heterocycles. The number of phenols is 1. The first-order valence-electron chi connectivity index (χ1n) is 12.5. The van der Waals surface area contributed by atoms with Crippen LogP contribution in [0.5, 0.6) is 5.75 Å². The van der Waals surface area contributed by atoms with Crippen molar-refractivity contribution < 1.29 is 15.0 Å². The van der Waals surface area contributed by atoms with Gasteiger partial charge in [-0.15, -0.1) is 11.8 Å². The Morgan fingerprint density at radius 3 is 2.16 bits per heavy atom. The highest BCUT2D eigenvalue weighted by Crippen LogP contribution is 2.46. The number of rotatable bonds is 7. The van der Waals surface area contributed by atoms with Gasteiger partial charge in [0.05, 0.1) is 12.1 Å². The summed E-state index contributed by atoms with van der Waals surface area (Å²) in [7, 11) is 0. The van der Waals surface area contributed by atoms with Gasteiger partial charge in [-0.2, -0.15) is 0 Å². The molecule has 2 heterocycles. The highest BCUT2D eigenvalue weighted by molar-refractivity contribution is 8.00. The Labute approximate surface area is 225 Å². The molecule has 1 fully saturated rings. The first-order valence-corrected chi connectivity index (χ1v) is 13.5. The highest BCUT2D eigenvalue weighted by Gasteiger charge is 2.49. The molecule has 6 heteroatoms. The van der Waals surface area contributed by atoms with Gasteiger partial charge in [-0.3, -0.25) is 9.78 Å². The van der Waals surface area contributed by atoms with E-state index in [1.54, 1.807) is 23.2 Å². The van der Waals surface area contributed by atoms with E-state index >= 15 is 0 Å². The summed E-state index contributed by atoms with van der Waals surface area (Å²) < 4.78 is 0. The number of benzene rings is 2. The van der Waals surface area contributed by atoms with Crippen LogP contribution >= 0.6 is 11.8 Å². The van der Waals surface area contributed by atoms with E-state index in [0.29, 0.717) is 5.75 Å². The molecule has 188 valence electrons. The Kier molecular flexibility index (Phi) is 6.58. The van der Waals surface area contributed by atoms with E-state index in [9.17, 15) is 15.0 Å². The summed E-state index contributed by atoms with van der Waals surface area (Å²) in [5, 5.41) is 20.5. The smallest absolute Gasteiger partial charge is 0.243 e. The van der Waals surface area contributed by atoms with Gasteiger partial charge in [0.25, 0.3) is 0 Å². The summed E-state index contributed by atoms with van der Waals surface area (Å²) >= 11 is 1.48. The summed E-state index contributed by atoms with van der Waals surface area (Å²) in [6.07, 6.45) is 2.88. The number of fused-ring (bicyclic) bond motifs is 1. The molecule has 0 bridgehead atoms. The SMILES string of the molecule is O=C1[C@H](SC[C@@H](O)c2cc3cccccc-3c2)[C@@H](c2ccc(O)cc2)N1c1ccc(-c2cccnc2)cc1. The molecule has 0 spiro atoms. The van der Waals surface area contributed by atoms with Gasteiger partial charge in [0, 0.05) is 23.8 Å². The number of amides is 1. The number of β-lactam (4-membered cyclic amide) rings is 1. The third-order valence-electron chi connectivity index (χ3n) is 6.99. The van der Waals surface area contributed by atoms with E-state index in [1.165, 1.54) is 11.8 Å². The average molecular weight is 519 g/mol. The van der Waals surface area contributed by atoms with Crippen LogP contribution < -0.4 is 4.90 Å². The van der Waals surface area contributed by atoms with Crippen molar-refractivity contribution in [2.75, 3.05) is 10.7 Å². The summed E-state index contributed by atoms with van der Waals surface area (Å²) in [5.74, 6) is 0.596. The predicted octanol–water partition coefficient (Wildman–Crippen LogP) is 6.48. The number of carbonyl (C=O) groups excluding carboxylic acids is 1. The molecule has 2 aromatic carbocycles. The molecule has 0 unspecified atom stereocenters. The number of hydrogen-bond acceptors (Lipinski definition) is 5. The molecule has 6 rings (SSSR count). The number of aromatic hydroxyl groups is 1. The number of nitrogens with zero attached hydrogens (tertiary/aromatic N) is 2. The molecular weight excluding hydrogens is 492 g/mol. The van der Waals surface area contributed by atoms with E-state index in [2.05, 4.69) is 4.98 Å². The van der Waals surface area contributed by atoms with Crippen molar-refractivity contribution >= 4 is 23.4 Å². The van der Waals surface area contributed by atoms with Crippen molar-refractivity contribution in [3.05, 3.63) is 127 Å². The highest BCUT2D eigenvalue weighted by atomic mass is 32.2. The van der Waals surface area contributed by atoms with Crippen LogP contribution in [0.4, 0.5) is 5.69 Å². The van der Waals surface area contributed by atoms with E-state index in [0.717, 1.165) is 39.1 Å². The minimum atomic E-state index is -0.682. The molecular formula is C32H26N2O3S. The number of aliphatic hydroxyl groups excluding tert-OH is 1. The zero-order valence-corrected chi connectivity index (χ0v) is 21.3. The van der Waals surface area contributed by atoms with Crippen LogP contribution in [0.25, 0.3) is 22.3 Å². The fourth-order valence-corrected chi connectivity index (χ4v) is 6.28. The van der Waals surface area contributed by atoms with Crippen LogP contribution in [0.2, 0.25) is 0 Å². The number of hydrogen-bond donors (Lipinski definition) is 2. The lowest BCUT2D eigenvalue weighted by atomic mass is 9.92. The van der Waals surface area contributed by atoms with E-state index in [4.69, 9.17) is 0 Å². The average Bonchev–Trinajstić information content (AvgIpc) is 3.23. The van der Waals surface area contributed by atoms with Crippen LogP contribution in [-0.4, -0.2) is 32.1 Å². The Bertz CT molecular complexity index is 1490. The summed E-state index contributed by atoms with van der Waals surface area (Å²) in [5.41, 5.74) is 6.81. The molecule has 2 aliphatic carbocycles. The van der Waals surface area contributed by atoms with Crippen molar-refractivity contribution in [3.63, 3.8) is 0 Å². The fraction of sp³-hybridized carbons (Fsp3) is 0.125. The standard InChI is InChI=1S/C32H26N2O3S/c35-28-14-10-22(11-15-28)30-31(38-20-29(36)26-17-23-5-2-1-3-6-24(23)18-26)32(37)34(30)27-12-8-21(9-13-27)25-7-4-16-33-19-25/h1-19,29-31,35-36H,20H2/t29-,30-,31-/m1/s1. The summed E-state index contributed by atoms with van der Waals surface area (Å²) in [4.78, 5) is 19.5. The number of aromatic nitrogens is 1. The Hall–Kier alpha value is -4.13. The summed E-state index contributed by atoms with van der Waals surface area (Å²) in [6.45, 7) is 0. The Morgan fingerprint density at radius 2 is 1.50 bits per heavy atom. The maximum absolute atomic E-state index is 13.5. The maximum atomic E-state index is 13.5. The zero-order valence-electron chi connectivity index (χ0n) is 20.5. The van der Waals surface area contributed by atoms with E-state index in [-0.39, 0.29) is 22.9 Å². The lowest BCUT2D eigenvalue weighted by Gasteiger charge is -2.47. The van der Waals surface area contributed by atoms with Gasteiger partial charge < -0.3 is 15.1 Å². The van der Waals surface area contributed by atoms with Crippen molar-refractivity contribution in [2.45, 2.75) is 17.4 Å². The number of carbonyl (C=O) groups is 1. The molecule has 38 heavy (non-hydrogen) atoms.